The van der Waals surface area contributed by atoms with E-state index >= 15 is 0 Å². The summed E-state index contributed by atoms with van der Waals surface area (Å²) in [7, 11) is 3.68. The topological polar surface area (TPSA) is 61.8 Å². The molecule has 0 aromatic heterocycles. The first-order chi connectivity index (χ1) is 7.99. The van der Waals surface area contributed by atoms with Crippen molar-refractivity contribution in [3.05, 3.63) is 0 Å². The van der Waals surface area contributed by atoms with Crippen LogP contribution in [0.25, 0.3) is 0 Å². The van der Waals surface area contributed by atoms with Crippen molar-refractivity contribution in [1.29, 1.82) is 0 Å². The predicted molar refractivity (Wildman–Crippen MR) is 66.2 cm³/mol. The first kappa shape index (κ1) is 14.4. The Morgan fingerprint density at radius 3 is 2.71 bits per heavy atom. The van der Waals surface area contributed by atoms with Gasteiger partial charge < -0.3 is 20.1 Å². The minimum absolute atomic E-state index is 0.453. The lowest BCUT2D eigenvalue weighted by Gasteiger charge is -2.27. The lowest BCUT2D eigenvalue weighted by molar-refractivity contribution is -0.145. The highest BCUT2D eigenvalue weighted by atomic mass is 16.5. The Morgan fingerprint density at radius 1 is 1.59 bits per heavy atom. The van der Waals surface area contributed by atoms with Gasteiger partial charge >= 0.3 is 5.97 Å². The molecule has 0 aromatic rings. The van der Waals surface area contributed by atoms with Crippen LogP contribution in [0.1, 0.15) is 26.2 Å². The molecule has 5 heteroatoms. The average molecular weight is 244 g/mol. The number of methoxy groups -OCH3 is 1. The Morgan fingerprint density at radius 2 is 2.24 bits per heavy atom. The van der Waals surface area contributed by atoms with Crippen molar-refractivity contribution in [2.45, 2.75) is 37.8 Å². The summed E-state index contributed by atoms with van der Waals surface area (Å²) < 4.78 is 4.95. The predicted octanol–water partition coefficient (Wildman–Crippen LogP) is 0.550. The minimum Gasteiger partial charge on any atom is -0.480 e. The van der Waals surface area contributed by atoms with E-state index < -0.39 is 11.5 Å². The van der Waals surface area contributed by atoms with Gasteiger partial charge in [0, 0.05) is 32.8 Å². The second kappa shape index (κ2) is 6.33. The SMILES string of the molecule is COCCC(C)(NCCN(C)C1CC1)C(=O)O. The molecule has 0 aromatic carbocycles. The van der Waals surface area contributed by atoms with Gasteiger partial charge in [-0.05, 0) is 33.2 Å². The van der Waals surface area contributed by atoms with Gasteiger partial charge in [0.1, 0.15) is 5.54 Å². The molecule has 2 N–H and O–H groups in total. The maximum absolute atomic E-state index is 11.2. The second-order valence-corrected chi connectivity index (χ2v) is 5.02. The van der Waals surface area contributed by atoms with Crippen LogP contribution >= 0.6 is 0 Å². The summed E-state index contributed by atoms with van der Waals surface area (Å²) in [5.74, 6) is -0.816. The summed E-state index contributed by atoms with van der Waals surface area (Å²) >= 11 is 0. The molecule has 0 saturated heterocycles. The fraction of sp³-hybridized carbons (Fsp3) is 0.917. The lowest BCUT2D eigenvalue weighted by atomic mass is 9.98. The van der Waals surface area contributed by atoms with E-state index in [1.807, 2.05) is 0 Å². The van der Waals surface area contributed by atoms with Gasteiger partial charge in [0.2, 0.25) is 0 Å². The first-order valence-corrected chi connectivity index (χ1v) is 6.17. The highest BCUT2D eigenvalue weighted by Crippen LogP contribution is 2.24. The Balaban J connectivity index is 2.29. The van der Waals surface area contributed by atoms with Crippen molar-refractivity contribution in [3.63, 3.8) is 0 Å². The van der Waals surface area contributed by atoms with E-state index in [9.17, 15) is 9.90 Å². The van der Waals surface area contributed by atoms with E-state index in [-0.39, 0.29) is 0 Å². The molecule has 0 amide bonds. The molecule has 1 atom stereocenters. The number of carboxylic acid groups (broad SMARTS) is 1. The third-order valence-electron chi connectivity index (χ3n) is 3.43. The zero-order valence-corrected chi connectivity index (χ0v) is 11.0. The summed E-state index contributed by atoms with van der Waals surface area (Å²) in [6.45, 7) is 3.75. The zero-order chi connectivity index (χ0) is 12.9. The van der Waals surface area contributed by atoms with Gasteiger partial charge in [-0.2, -0.15) is 0 Å². The lowest BCUT2D eigenvalue weighted by Crippen LogP contribution is -2.52. The highest BCUT2D eigenvalue weighted by Gasteiger charge is 2.32. The van der Waals surface area contributed by atoms with Crippen molar-refractivity contribution < 1.29 is 14.6 Å². The number of aliphatic carboxylic acids is 1. The molecule has 0 bridgehead atoms. The number of rotatable bonds is 9. The van der Waals surface area contributed by atoms with E-state index in [1.165, 1.54) is 12.8 Å². The van der Waals surface area contributed by atoms with Crippen LogP contribution in [0.5, 0.6) is 0 Å². The number of nitrogens with zero attached hydrogens (tertiary/aromatic N) is 1. The third kappa shape index (κ3) is 4.61. The maximum atomic E-state index is 11.2. The third-order valence-corrected chi connectivity index (χ3v) is 3.43. The number of carbonyl (C=O) groups is 1. The van der Waals surface area contributed by atoms with Gasteiger partial charge in [0.05, 0.1) is 0 Å². The summed E-state index contributed by atoms with van der Waals surface area (Å²) in [5.41, 5.74) is -0.888. The van der Waals surface area contributed by atoms with Gasteiger partial charge in [0.25, 0.3) is 0 Å². The van der Waals surface area contributed by atoms with Crippen molar-refractivity contribution in [2.24, 2.45) is 0 Å². The second-order valence-electron chi connectivity index (χ2n) is 5.02. The molecular weight excluding hydrogens is 220 g/mol. The highest BCUT2D eigenvalue weighted by molar-refractivity contribution is 5.78. The van der Waals surface area contributed by atoms with Crippen molar-refractivity contribution >= 4 is 5.97 Å². The minimum atomic E-state index is -0.888. The van der Waals surface area contributed by atoms with E-state index in [4.69, 9.17) is 4.74 Å². The maximum Gasteiger partial charge on any atom is 0.323 e. The number of nitrogens with one attached hydrogen (secondary N) is 1. The monoisotopic (exact) mass is 244 g/mol. The zero-order valence-electron chi connectivity index (χ0n) is 11.0. The van der Waals surface area contributed by atoms with Crippen LogP contribution in [0, 0.1) is 0 Å². The summed E-state index contributed by atoms with van der Waals surface area (Å²) in [6, 6.07) is 0.715. The van der Waals surface area contributed by atoms with Crippen LogP contribution in [-0.4, -0.2) is 61.4 Å². The normalized spacial score (nSPS) is 19.3. The summed E-state index contributed by atoms with van der Waals surface area (Å²) in [6.07, 6.45) is 3.03. The number of ether oxygens (including phenoxy) is 1. The Kier molecular flexibility index (Phi) is 5.36. The largest absolute Gasteiger partial charge is 0.480 e. The van der Waals surface area contributed by atoms with Crippen LogP contribution in [0.15, 0.2) is 0 Å². The average Bonchev–Trinajstić information content (AvgIpc) is 3.09. The summed E-state index contributed by atoms with van der Waals surface area (Å²) in [4.78, 5) is 13.5. The molecule has 1 fully saturated rings. The van der Waals surface area contributed by atoms with Crippen LogP contribution in [0.3, 0.4) is 0 Å². The van der Waals surface area contributed by atoms with E-state index in [0.717, 1.165) is 6.54 Å². The molecule has 1 aliphatic rings. The van der Waals surface area contributed by atoms with Gasteiger partial charge in [-0.25, -0.2) is 0 Å². The molecule has 1 rings (SSSR count). The number of hydrogen-bond donors (Lipinski definition) is 2. The molecule has 0 radical (unpaired) electrons. The Hall–Kier alpha value is -0.650. The molecule has 1 unspecified atom stereocenters. The van der Waals surface area contributed by atoms with Crippen LogP contribution in [0.2, 0.25) is 0 Å². The van der Waals surface area contributed by atoms with E-state index in [0.29, 0.717) is 25.6 Å². The number of hydrogen-bond acceptors (Lipinski definition) is 4. The van der Waals surface area contributed by atoms with Crippen molar-refractivity contribution in [1.82, 2.24) is 10.2 Å². The summed E-state index contributed by atoms with van der Waals surface area (Å²) in [5, 5.41) is 12.3. The van der Waals surface area contributed by atoms with Crippen LogP contribution in [0.4, 0.5) is 0 Å². The molecular formula is C12H24N2O3. The molecule has 17 heavy (non-hydrogen) atoms. The number of carboxylic acids is 1. The van der Waals surface area contributed by atoms with E-state index in [2.05, 4.69) is 17.3 Å². The molecule has 1 aliphatic carbocycles. The Bertz CT molecular complexity index is 256. The van der Waals surface area contributed by atoms with Crippen LogP contribution < -0.4 is 5.32 Å². The first-order valence-electron chi connectivity index (χ1n) is 6.17. The van der Waals surface area contributed by atoms with Gasteiger partial charge in [0.15, 0.2) is 0 Å². The van der Waals surface area contributed by atoms with Gasteiger partial charge in [-0.3, -0.25) is 4.79 Å². The molecule has 1 saturated carbocycles. The van der Waals surface area contributed by atoms with Gasteiger partial charge in [-0.1, -0.05) is 0 Å². The van der Waals surface area contributed by atoms with E-state index in [1.54, 1.807) is 14.0 Å². The van der Waals surface area contributed by atoms with Crippen LogP contribution in [-0.2, 0) is 9.53 Å². The fourth-order valence-electron chi connectivity index (χ4n) is 1.78. The molecule has 0 spiro atoms. The molecule has 100 valence electrons. The fourth-order valence-corrected chi connectivity index (χ4v) is 1.78. The standard InChI is InChI=1S/C12H24N2O3/c1-12(11(15)16,6-9-17-3)13-7-8-14(2)10-4-5-10/h10,13H,4-9H2,1-3H3,(H,15,16). The molecule has 0 heterocycles. The Labute approximate surface area is 103 Å². The molecule has 5 nitrogen and oxygen atoms in total. The smallest absolute Gasteiger partial charge is 0.323 e. The quantitative estimate of drug-likeness (QED) is 0.620. The van der Waals surface area contributed by atoms with Gasteiger partial charge in [-0.15, -0.1) is 0 Å². The van der Waals surface area contributed by atoms with Crippen molar-refractivity contribution in [3.8, 4) is 0 Å². The molecule has 0 aliphatic heterocycles. The van der Waals surface area contributed by atoms with Crippen molar-refractivity contribution in [2.75, 3.05) is 33.9 Å². The number of likely N-dealkylation sites (N-methyl/N-ethyl adjacent to an activating group) is 1.